The first kappa shape index (κ1) is 109. The second-order valence-corrected chi connectivity index (χ2v) is 29.0. The number of amides is 2. The van der Waals surface area contributed by atoms with E-state index in [0.29, 0.717) is 368 Å². The molecule has 32 heteroatoms. The van der Waals surface area contributed by atoms with E-state index in [9.17, 15) is 24.0 Å². The van der Waals surface area contributed by atoms with Gasteiger partial charge in [-0.25, -0.2) is 0 Å². The summed E-state index contributed by atoms with van der Waals surface area (Å²) in [6.45, 7) is 37.7. The number of anilines is 1. The van der Waals surface area contributed by atoms with Gasteiger partial charge < -0.3 is 129 Å². The molecule has 0 aliphatic heterocycles. The zero-order valence-corrected chi connectivity index (χ0v) is 71.8. The maximum Gasteiger partial charge on any atom is 0.311 e. The van der Waals surface area contributed by atoms with E-state index in [0.717, 1.165) is 12.0 Å². The van der Waals surface area contributed by atoms with Crippen LogP contribution < -0.4 is 10.6 Å². The smallest absolute Gasteiger partial charge is 0.311 e. The largest absolute Gasteiger partial charge is 0.460 e. The Morgan fingerprint density at radius 1 is 0.339 bits per heavy atom. The van der Waals surface area contributed by atoms with Crippen LogP contribution in [0.25, 0.3) is 0 Å². The van der Waals surface area contributed by atoms with E-state index < -0.39 is 17.4 Å². The van der Waals surface area contributed by atoms with Crippen molar-refractivity contribution in [3.63, 3.8) is 0 Å². The number of hydrogen-bond donors (Lipinski definition) is 2. The van der Waals surface area contributed by atoms with Crippen LogP contribution in [0.15, 0.2) is 24.3 Å². The molecule has 32 nitrogen and oxygen atoms in total. The third-order valence-electron chi connectivity index (χ3n) is 16.3. The zero-order chi connectivity index (χ0) is 83.7. The Hall–Kier alpha value is -3.99. The fourth-order valence-corrected chi connectivity index (χ4v) is 9.92. The van der Waals surface area contributed by atoms with Gasteiger partial charge >= 0.3 is 5.97 Å². The van der Waals surface area contributed by atoms with Crippen LogP contribution in [0.3, 0.4) is 0 Å². The summed E-state index contributed by atoms with van der Waals surface area (Å²) in [4.78, 5) is 65.5. The van der Waals surface area contributed by atoms with Gasteiger partial charge in [0.2, 0.25) is 11.8 Å². The van der Waals surface area contributed by atoms with E-state index in [1.165, 1.54) is 0 Å². The Labute approximate surface area is 687 Å². The number of esters is 1. The van der Waals surface area contributed by atoms with Gasteiger partial charge in [0.15, 0.2) is 5.78 Å². The highest BCUT2D eigenvalue weighted by molar-refractivity contribution is 5.97. The molecular formula is C83H152N2O30. The molecule has 2 amide bonds. The summed E-state index contributed by atoms with van der Waals surface area (Å²) in [5, 5.41) is 5.92. The van der Waals surface area contributed by atoms with Crippen molar-refractivity contribution in [2.24, 2.45) is 22.7 Å². The quantitative estimate of drug-likeness (QED) is 0.0468. The van der Waals surface area contributed by atoms with E-state index in [2.05, 4.69) is 31.4 Å². The molecule has 0 unspecified atom stereocenters. The van der Waals surface area contributed by atoms with Crippen molar-refractivity contribution in [3.8, 4) is 0 Å². The van der Waals surface area contributed by atoms with Crippen molar-refractivity contribution in [1.82, 2.24) is 5.32 Å². The number of rotatable bonds is 90. The number of Topliss-reactive ketones (excluding diaryl/α,β-unsaturated/α-hetero) is 2. The van der Waals surface area contributed by atoms with Gasteiger partial charge in [-0.15, -0.1) is 0 Å². The van der Waals surface area contributed by atoms with Gasteiger partial charge in [-0.05, 0) is 75.5 Å². The molecule has 2 N–H and O–H groups in total. The highest BCUT2D eigenvalue weighted by Gasteiger charge is 2.30. The Balaban J connectivity index is 1.84. The lowest BCUT2D eigenvalue weighted by atomic mass is 9.88. The fourth-order valence-electron chi connectivity index (χ4n) is 9.92. The molecule has 0 saturated heterocycles. The van der Waals surface area contributed by atoms with Crippen LogP contribution >= 0.6 is 0 Å². The summed E-state index contributed by atoms with van der Waals surface area (Å²) >= 11 is 0. The normalized spacial score (nSPS) is 12.5. The van der Waals surface area contributed by atoms with Crippen molar-refractivity contribution in [2.45, 2.75) is 132 Å². The molecular weight excluding hydrogens is 1500 g/mol. The monoisotopic (exact) mass is 1660 g/mol. The first-order chi connectivity index (χ1) is 55.9. The van der Waals surface area contributed by atoms with Crippen molar-refractivity contribution in [2.75, 3.05) is 323 Å². The van der Waals surface area contributed by atoms with Crippen LogP contribution in [0.5, 0.6) is 0 Å². The van der Waals surface area contributed by atoms with Crippen LogP contribution in [-0.2, 0) is 149 Å². The standard InChI is InChI=1S/C83H152N2O30/c1-72(2)79(85-78(88)16-13-22-82(3,4)5)77(87)70-74(80(89)84-75-19-17-73(18-20-75)71-115-81(90)83(6,7)8)14-11-10-12-15-76(86)21-23-92-26-27-94-30-31-96-34-35-98-38-39-100-42-43-102-46-47-104-50-51-106-54-55-108-58-59-110-62-63-112-66-67-114-69-68-113-65-64-111-61-60-109-57-56-107-53-52-105-49-48-103-45-44-101-41-40-99-37-36-97-33-32-95-29-28-93-25-24-91-9/h17-20,72,74,79H,10-16,21-71H2,1-9H3,(H,84,89)(H,85,88)/t74-,79+/m1/s1. The first-order valence-electron chi connectivity index (χ1n) is 41.6. The van der Waals surface area contributed by atoms with Gasteiger partial charge in [0.1, 0.15) is 12.4 Å². The summed E-state index contributed by atoms with van der Waals surface area (Å²) in [6.07, 6.45) is 4.97. The van der Waals surface area contributed by atoms with Crippen molar-refractivity contribution >= 4 is 35.0 Å². The number of ketones is 2. The lowest BCUT2D eigenvalue weighted by Crippen LogP contribution is -2.45. The Morgan fingerprint density at radius 3 is 0.896 bits per heavy atom. The van der Waals surface area contributed by atoms with Crippen LogP contribution in [0.4, 0.5) is 5.69 Å². The third-order valence-corrected chi connectivity index (χ3v) is 16.3. The summed E-state index contributed by atoms with van der Waals surface area (Å²) in [5.74, 6) is -1.70. The van der Waals surface area contributed by atoms with E-state index in [1.54, 1.807) is 52.1 Å². The Bertz CT molecular complexity index is 2340. The van der Waals surface area contributed by atoms with Crippen molar-refractivity contribution in [1.29, 1.82) is 0 Å². The second-order valence-electron chi connectivity index (χ2n) is 29.0. The number of ether oxygens (including phenoxy) is 25. The van der Waals surface area contributed by atoms with Crippen LogP contribution in [-0.4, -0.2) is 353 Å². The minimum atomic E-state index is -0.720. The Morgan fingerprint density at radius 2 is 0.626 bits per heavy atom. The summed E-state index contributed by atoms with van der Waals surface area (Å²) in [7, 11) is 1.64. The number of benzene rings is 1. The van der Waals surface area contributed by atoms with Gasteiger partial charge in [-0.2, -0.15) is 0 Å². The molecule has 115 heavy (non-hydrogen) atoms. The molecule has 1 rings (SSSR count). The average molecular weight is 1660 g/mol. The van der Waals surface area contributed by atoms with E-state index in [-0.39, 0.29) is 53.7 Å². The minimum Gasteiger partial charge on any atom is -0.460 e. The van der Waals surface area contributed by atoms with Gasteiger partial charge in [0, 0.05) is 44.4 Å². The second kappa shape index (κ2) is 81.0. The number of carbonyl (C=O) groups is 5. The lowest BCUT2D eigenvalue weighted by molar-refractivity contribution is -0.154. The predicted molar refractivity (Wildman–Crippen MR) is 431 cm³/mol. The molecule has 674 valence electrons. The minimum absolute atomic E-state index is 0.0370. The SMILES string of the molecule is COCCOCCOCCOCCOCCOCCOCCOCCOCCOCCOCCOCCOCCOCCOCCOCCOCCOCCOCCOCCOCCOCCOCCOCCC(=O)CCCCC[C@H](CC(=O)[C@@H](NC(=O)CCCC(C)(C)C)C(C)C)C(=O)Nc1ccc(COC(=O)C(C)(C)C)cc1. The molecule has 0 bridgehead atoms. The van der Waals surface area contributed by atoms with E-state index in [4.69, 9.17) is 118 Å². The molecule has 0 fully saturated rings. The van der Waals surface area contributed by atoms with Crippen LogP contribution in [0.2, 0.25) is 0 Å². The molecule has 0 radical (unpaired) electrons. The molecule has 1 aromatic rings. The molecule has 2 atom stereocenters. The zero-order valence-electron chi connectivity index (χ0n) is 71.8. The molecule has 0 heterocycles. The highest BCUT2D eigenvalue weighted by atomic mass is 16.6. The topological polar surface area (TPSA) is 340 Å². The van der Waals surface area contributed by atoms with Gasteiger partial charge in [-0.1, -0.05) is 59.6 Å². The van der Waals surface area contributed by atoms with Crippen molar-refractivity contribution in [3.05, 3.63) is 29.8 Å². The average Bonchev–Trinajstić information content (AvgIpc) is 0.858. The number of carbonyl (C=O) groups excluding carboxylic acids is 5. The maximum atomic E-state index is 13.8. The highest BCUT2D eigenvalue weighted by Crippen LogP contribution is 2.24. The van der Waals surface area contributed by atoms with E-state index in [1.807, 2.05) is 13.8 Å². The molecule has 0 saturated carbocycles. The predicted octanol–water partition coefficient (Wildman–Crippen LogP) is 7.58. The molecule has 1 aromatic carbocycles. The molecule has 0 aliphatic carbocycles. The van der Waals surface area contributed by atoms with Gasteiger partial charge in [0.05, 0.1) is 322 Å². The van der Waals surface area contributed by atoms with Crippen molar-refractivity contribution < 1.29 is 142 Å². The third kappa shape index (κ3) is 77.1. The lowest BCUT2D eigenvalue weighted by Gasteiger charge is -2.24. The summed E-state index contributed by atoms with van der Waals surface area (Å²) < 4.78 is 137. The molecule has 0 spiro atoms. The number of methoxy groups -OCH3 is 1. The first-order valence-corrected chi connectivity index (χ1v) is 41.6. The summed E-state index contributed by atoms with van der Waals surface area (Å²) in [6, 6.07) is 6.33. The van der Waals surface area contributed by atoms with Crippen LogP contribution in [0.1, 0.15) is 125 Å². The van der Waals surface area contributed by atoms with E-state index >= 15 is 0 Å². The number of unbranched alkanes of at least 4 members (excludes halogenated alkanes) is 2. The number of nitrogens with one attached hydrogen (secondary N) is 2. The maximum absolute atomic E-state index is 13.8. The van der Waals surface area contributed by atoms with Crippen LogP contribution in [0, 0.1) is 22.7 Å². The van der Waals surface area contributed by atoms with Gasteiger partial charge in [0.25, 0.3) is 0 Å². The molecule has 0 aromatic heterocycles. The summed E-state index contributed by atoms with van der Waals surface area (Å²) in [5.41, 5.74) is 0.790. The Kier molecular flexibility index (Phi) is 76.8. The fraction of sp³-hybridized carbons (Fsp3) is 0.867. The van der Waals surface area contributed by atoms with Gasteiger partial charge in [-0.3, -0.25) is 24.0 Å². The number of hydrogen-bond acceptors (Lipinski definition) is 30. The molecule has 0 aliphatic rings.